The summed E-state index contributed by atoms with van der Waals surface area (Å²) in [6.07, 6.45) is 5.17. The zero-order valence-corrected chi connectivity index (χ0v) is 13.3. The van der Waals surface area contributed by atoms with Gasteiger partial charge >= 0.3 is 0 Å². The van der Waals surface area contributed by atoms with E-state index in [1.807, 2.05) is 13.8 Å². The van der Waals surface area contributed by atoms with Gasteiger partial charge in [0.2, 0.25) is 5.91 Å². The highest BCUT2D eigenvalue weighted by molar-refractivity contribution is 5.97. The van der Waals surface area contributed by atoms with Crippen molar-refractivity contribution in [1.29, 1.82) is 0 Å². The number of nitrogens with zero attached hydrogens (tertiary/aromatic N) is 1. The first-order valence-corrected chi connectivity index (χ1v) is 7.57. The number of furan rings is 1. The number of rotatable bonds is 7. The number of carbonyl (C=O) groups is 2. The van der Waals surface area contributed by atoms with Gasteiger partial charge in [-0.2, -0.15) is 0 Å². The zero-order valence-electron chi connectivity index (χ0n) is 13.3. The Morgan fingerprint density at radius 1 is 1.26 bits per heavy atom. The minimum atomic E-state index is -0.599. The summed E-state index contributed by atoms with van der Waals surface area (Å²) in [6.45, 7) is 4.30. The van der Waals surface area contributed by atoms with E-state index in [0.717, 1.165) is 0 Å². The van der Waals surface area contributed by atoms with Crippen LogP contribution >= 0.6 is 0 Å². The monoisotopic (exact) mass is 315 g/mol. The minimum Gasteiger partial charge on any atom is -0.467 e. The summed E-state index contributed by atoms with van der Waals surface area (Å²) in [6, 6.07) is 6.29. The Morgan fingerprint density at radius 2 is 2.09 bits per heavy atom. The Morgan fingerprint density at radius 3 is 2.70 bits per heavy atom. The molecule has 0 aliphatic carbocycles. The molecule has 6 nitrogen and oxygen atoms in total. The van der Waals surface area contributed by atoms with Crippen LogP contribution in [0.15, 0.2) is 47.3 Å². The third kappa shape index (κ3) is 5.25. The molecule has 6 heteroatoms. The van der Waals surface area contributed by atoms with E-state index >= 15 is 0 Å². The van der Waals surface area contributed by atoms with Crippen molar-refractivity contribution in [3.05, 3.63) is 54.2 Å². The maximum absolute atomic E-state index is 12.4. The third-order valence-electron chi connectivity index (χ3n) is 3.27. The second kappa shape index (κ2) is 8.12. The molecule has 0 saturated carbocycles. The van der Waals surface area contributed by atoms with E-state index in [0.29, 0.717) is 24.3 Å². The van der Waals surface area contributed by atoms with E-state index < -0.39 is 6.04 Å². The van der Waals surface area contributed by atoms with Gasteiger partial charge in [0.1, 0.15) is 11.8 Å². The van der Waals surface area contributed by atoms with E-state index in [1.165, 1.54) is 6.20 Å². The molecular formula is C17H21N3O3. The second-order valence-electron chi connectivity index (χ2n) is 5.69. The highest BCUT2D eigenvalue weighted by atomic mass is 16.3. The summed E-state index contributed by atoms with van der Waals surface area (Å²) in [5, 5.41) is 5.56. The van der Waals surface area contributed by atoms with E-state index in [1.54, 1.807) is 36.7 Å². The predicted octanol–water partition coefficient (Wildman–Crippen LogP) is 2.14. The first-order chi connectivity index (χ1) is 11.1. The highest BCUT2D eigenvalue weighted by Gasteiger charge is 2.22. The number of hydrogen-bond acceptors (Lipinski definition) is 4. The molecule has 0 bridgehead atoms. The van der Waals surface area contributed by atoms with Gasteiger partial charge in [0, 0.05) is 12.4 Å². The van der Waals surface area contributed by atoms with Gasteiger partial charge in [0.25, 0.3) is 5.91 Å². The average Bonchev–Trinajstić information content (AvgIpc) is 3.05. The molecule has 122 valence electrons. The van der Waals surface area contributed by atoms with Gasteiger partial charge in [-0.1, -0.05) is 13.8 Å². The van der Waals surface area contributed by atoms with E-state index in [9.17, 15) is 9.59 Å². The topological polar surface area (TPSA) is 84.2 Å². The molecule has 0 aromatic carbocycles. The van der Waals surface area contributed by atoms with Crippen molar-refractivity contribution in [3.8, 4) is 0 Å². The first-order valence-electron chi connectivity index (χ1n) is 7.57. The molecule has 0 spiro atoms. The van der Waals surface area contributed by atoms with Gasteiger partial charge in [0.05, 0.1) is 18.4 Å². The van der Waals surface area contributed by atoms with Crippen LogP contribution < -0.4 is 10.6 Å². The fourth-order valence-corrected chi connectivity index (χ4v) is 2.15. The fraction of sp³-hybridized carbons (Fsp3) is 0.353. The van der Waals surface area contributed by atoms with Gasteiger partial charge in [-0.25, -0.2) is 0 Å². The zero-order chi connectivity index (χ0) is 16.7. The van der Waals surface area contributed by atoms with Crippen LogP contribution in [0.4, 0.5) is 0 Å². The van der Waals surface area contributed by atoms with Crippen molar-refractivity contribution >= 4 is 11.8 Å². The van der Waals surface area contributed by atoms with E-state index in [2.05, 4.69) is 15.6 Å². The van der Waals surface area contributed by atoms with E-state index in [-0.39, 0.29) is 17.7 Å². The number of aromatic nitrogens is 1. The van der Waals surface area contributed by atoms with Crippen LogP contribution in [0, 0.1) is 5.92 Å². The summed E-state index contributed by atoms with van der Waals surface area (Å²) < 4.78 is 5.18. The molecule has 0 radical (unpaired) electrons. The fourth-order valence-electron chi connectivity index (χ4n) is 2.15. The van der Waals surface area contributed by atoms with Gasteiger partial charge in [0.15, 0.2) is 0 Å². The molecule has 0 unspecified atom stereocenters. The number of hydrogen-bond donors (Lipinski definition) is 2. The van der Waals surface area contributed by atoms with Crippen molar-refractivity contribution in [3.63, 3.8) is 0 Å². The summed E-state index contributed by atoms with van der Waals surface area (Å²) in [4.78, 5) is 28.5. The van der Waals surface area contributed by atoms with Gasteiger partial charge in [-0.3, -0.25) is 14.6 Å². The van der Waals surface area contributed by atoms with Crippen LogP contribution in [-0.2, 0) is 11.3 Å². The molecule has 1 atom stereocenters. The Labute approximate surface area is 135 Å². The predicted molar refractivity (Wildman–Crippen MR) is 85.5 cm³/mol. The third-order valence-corrected chi connectivity index (χ3v) is 3.27. The maximum atomic E-state index is 12.4. The molecule has 0 saturated heterocycles. The van der Waals surface area contributed by atoms with Crippen molar-refractivity contribution in [2.45, 2.75) is 32.9 Å². The summed E-state index contributed by atoms with van der Waals surface area (Å²) in [7, 11) is 0. The van der Waals surface area contributed by atoms with Crippen molar-refractivity contribution in [2.24, 2.45) is 5.92 Å². The van der Waals surface area contributed by atoms with Crippen LogP contribution in [0.2, 0.25) is 0 Å². The van der Waals surface area contributed by atoms with Crippen LogP contribution in [0.25, 0.3) is 0 Å². The van der Waals surface area contributed by atoms with Crippen molar-refractivity contribution < 1.29 is 14.0 Å². The lowest BCUT2D eigenvalue weighted by molar-refractivity contribution is -0.123. The first kappa shape index (κ1) is 16.7. The van der Waals surface area contributed by atoms with Crippen LogP contribution in [0.5, 0.6) is 0 Å². The number of pyridine rings is 1. The molecule has 2 heterocycles. The summed E-state index contributed by atoms with van der Waals surface area (Å²) in [5.41, 5.74) is 0.431. The molecule has 0 aliphatic rings. The molecule has 2 aromatic heterocycles. The molecule has 2 amide bonds. The lowest BCUT2D eigenvalue weighted by Gasteiger charge is -2.20. The molecule has 0 fully saturated rings. The normalized spacial score (nSPS) is 12.0. The standard InChI is InChI=1S/C17H21N3O3/c1-12(2)9-15(17(22)19-11-14-6-4-8-23-14)20-16(21)13-5-3-7-18-10-13/h3-8,10,12,15H,9,11H2,1-2H3,(H,19,22)(H,20,21)/t15-/m0/s1. The number of carbonyl (C=O) groups excluding carboxylic acids is 2. The molecular weight excluding hydrogens is 294 g/mol. The lowest BCUT2D eigenvalue weighted by Crippen LogP contribution is -2.47. The molecule has 2 aromatic rings. The van der Waals surface area contributed by atoms with Gasteiger partial charge < -0.3 is 15.1 Å². The van der Waals surface area contributed by atoms with Crippen LogP contribution in [0.3, 0.4) is 0 Å². The minimum absolute atomic E-state index is 0.229. The molecule has 2 rings (SSSR count). The lowest BCUT2D eigenvalue weighted by atomic mass is 10.0. The SMILES string of the molecule is CC(C)C[C@H](NC(=O)c1cccnc1)C(=O)NCc1ccco1. The maximum Gasteiger partial charge on any atom is 0.253 e. The Balaban J connectivity index is 1.98. The second-order valence-corrected chi connectivity index (χ2v) is 5.69. The largest absolute Gasteiger partial charge is 0.467 e. The van der Waals surface area contributed by atoms with Gasteiger partial charge in [-0.15, -0.1) is 0 Å². The average molecular weight is 315 g/mol. The Kier molecular flexibility index (Phi) is 5.91. The molecule has 2 N–H and O–H groups in total. The molecule has 0 aliphatic heterocycles. The Hall–Kier alpha value is -2.63. The van der Waals surface area contributed by atoms with Crippen molar-refractivity contribution in [2.75, 3.05) is 0 Å². The molecule has 23 heavy (non-hydrogen) atoms. The highest BCUT2D eigenvalue weighted by Crippen LogP contribution is 2.07. The van der Waals surface area contributed by atoms with Crippen LogP contribution in [0.1, 0.15) is 36.4 Å². The number of amides is 2. The smallest absolute Gasteiger partial charge is 0.253 e. The Bertz CT molecular complexity index is 624. The number of nitrogens with one attached hydrogen (secondary N) is 2. The van der Waals surface area contributed by atoms with Crippen molar-refractivity contribution in [1.82, 2.24) is 15.6 Å². The van der Waals surface area contributed by atoms with Crippen LogP contribution in [-0.4, -0.2) is 22.8 Å². The van der Waals surface area contributed by atoms with Gasteiger partial charge in [-0.05, 0) is 36.6 Å². The summed E-state index contributed by atoms with van der Waals surface area (Å²) in [5.74, 6) is 0.396. The van der Waals surface area contributed by atoms with E-state index in [4.69, 9.17) is 4.42 Å². The quantitative estimate of drug-likeness (QED) is 0.820. The summed E-state index contributed by atoms with van der Waals surface area (Å²) >= 11 is 0.